The van der Waals surface area contributed by atoms with Crippen LogP contribution in [0.1, 0.15) is 40.7 Å². The second-order valence-electron chi connectivity index (χ2n) is 6.66. The monoisotopic (exact) mass is 379 g/mol. The highest BCUT2D eigenvalue weighted by Gasteiger charge is 2.20. The van der Waals surface area contributed by atoms with Gasteiger partial charge in [0, 0.05) is 17.2 Å². The minimum atomic E-state index is -0.285. The van der Waals surface area contributed by atoms with Crippen LogP contribution in [0.4, 0.5) is 5.82 Å². The van der Waals surface area contributed by atoms with E-state index in [1.54, 1.807) is 30.3 Å². The second kappa shape index (κ2) is 7.30. The van der Waals surface area contributed by atoms with Crippen LogP contribution in [0.15, 0.2) is 35.1 Å². The van der Waals surface area contributed by atoms with Crippen LogP contribution in [0.25, 0.3) is 5.95 Å². The van der Waals surface area contributed by atoms with Gasteiger partial charge < -0.3 is 10.1 Å². The van der Waals surface area contributed by atoms with Crippen LogP contribution < -0.4 is 15.6 Å². The van der Waals surface area contributed by atoms with E-state index >= 15 is 0 Å². The lowest BCUT2D eigenvalue weighted by atomic mass is 10.2. The maximum atomic E-state index is 12.6. The average molecular weight is 379 g/mol. The standard InChI is InChI=1S/C20H21N5O3/c1-3-28-14-9-7-13(8-10-14)18(26)22-17-11-12(2)24-25(17)20-21-16-6-4-5-15(16)19(27)23-20/h7-11H,3-6H2,1-2H3,(H,22,26)(H,21,23,27). The number of aromatic nitrogens is 4. The van der Waals surface area contributed by atoms with E-state index in [1.165, 1.54) is 4.68 Å². The van der Waals surface area contributed by atoms with E-state index in [2.05, 4.69) is 20.4 Å². The fraction of sp³-hybridized carbons (Fsp3) is 0.300. The average Bonchev–Trinajstić information content (AvgIpc) is 3.29. The van der Waals surface area contributed by atoms with E-state index in [4.69, 9.17) is 4.74 Å². The maximum Gasteiger partial charge on any atom is 0.256 e. The molecule has 2 heterocycles. The number of carbonyl (C=O) groups excluding carboxylic acids is 1. The molecule has 8 nitrogen and oxygen atoms in total. The maximum absolute atomic E-state index is 12.6. The number of H-pyrrole nitrogens is 1. The number of fused-ring (bicyclic) bond motifs is 1. The molecule has 1 aliphatic carbocycles. The normalized spacial score (nSPS) is 12.6. The lowest BCUT2D eigenvalue weighted by molar-refractivity contribution is 0.102. The number of benzene rings is 1. The van der Waals surface area contributed by atoms with Gasteiger partial charge in [0.15, 0.2) is 0 Å². The summed E-state index contributed by atoms with van der Waals surface area (Å²) < 4.78 is 6.86. The molecule has 0 fully saturated rings. The summed E-state index contributed by atoms with van der Waals surface area (Å²) in [5.74, 6) is 1.17. The first-order chi connectivity index (χ1) is 13.5. The molecule has 2 aromatic heterocycles. The Kier molecular flexibility index (Phi) is 4.68. The molecule has 3 aromatic rings. The molecule has 0 radical (unpaired) electrons. The van der Waals surface area contributed by atoms with Crippen molar-refractivity contribution in [2.24, 2.45) is 0 Å². The van der Waals surface area contributed by atoms with E-state index in [9.17, 15) is 9.59 Å². The summed E-state index contributed by atoms with van der Waals surface area (Å²) in [6.07, 6.45) is 2.45. The van der Waals surface area contributed by atoms with Gasteiger partial charge in [-0.15, -0.1) is 0 Å². The van der Waals surface area contributed by atoms with Gasteiger partial charge in [-0.05, 0) is 57.4 Å². The van der Waals surface area contributed by atoms with Gasteiger partial charge in [-0.1, -0.05) is 0 Å². The molecule has 1 aromatic carbocycles. The topological polar surface area (TPSA) is 102 Å². The van der Waals surface area contributed by atoms with E-state index < -0.39 is 0 Å². The number of carbonyl (C=O) groups is 1. The first-order valence-corrected chi connectivity index (χ1v) is 9.28. The van der Waals surface area contributed by atoms with Gasteiger partial charge in [0.25, 0.3) is 11.5 Å². The molecular formula is C20H21N5O3. The molecule has 1 aliphatic rings. The number of anilines is 1. The number of amides is 1. The number of hydrogen-bond donors (Lipinski definition) is 2. The van der Waals surface area contributed by atoms with Crippen molar-refractivity contribution in [2.75, 3.05) is 11.9 Å². The number of aromatic amines is 1. The van der Waals surface area contributed by atoms with E-state index in [1.807, 2.05) is 13.8 Å². The highest BCUT2D eigenvalue weighted by molar-refractivity contribution is 6.04. The zero-order valence-electron chi connectivity index (χ0n) is 15.8. The third kappa shape index (κ3) is 3.40. The highest BCUT2D eigenvalue weighted by atomic mass is 16.5. The second-order valence-corrected chi connectivity index (χ2v) is 6.66. The van der Waals surface area contributed by atoms with E-state index in [-0.39, 0.29) is 11.5 Å². The highest BCUT2D eigenvalue weighted by Crippen LogP contribution is 2.20. The summed E-state index contributed by atoms with van der Waals surface area (Å²) in [4.78, 5) is 32.3. The van der Waals surface area contributed by atoms with Crippen LogP contribution in [0.2, 0.25) is 0 Å². The first kappa shape index (κ1) is 18.0. The molecule has 2 N–H and O–H groups in total. The minimum Gasteiger partial charge on any atom is -0.494 e. The largest absolute Gasteiger partial charge is 0.494 e. The number of ether oxygens (including phenoxy) is 1. The van der Waals surface area contributed by atoms with E-state index in [0.717, 1.165) is 30.5 Å². The third-order valence-corrected chi connectivity index (χ3v) is 4.63. The van der Waals surface area contributed by atoms with Gasteiger partial charge in [-0.3, -0.25) is 14.6 Å². The van der Waals surface area contributed by atoms with E-state index in [0.29, 0.717) is 35.4 Å². The van der Waals surface area contributed by atoms with Crippen molar-refractivity contribution in [3.63, 3.8) is 0 Å². The zero-order valence-corrected chi connectivity index (χ0v) is 15.8. The molecule has 0 saturated carbocycles. The Morgan fingerprint density at radius 1 is 1.29 bits per heavy atom. The number of aryl methyl sites for hydroxylation is 2. The molecule has 1 amide bonds. The fourth-order valence-electron chi connectivity index (χ4n) is 3.34. The van der Waals surface area contributed by atoms with Gasteiger partial charge >= 0.3 is 0 Å². The Bertz CT molecular complexity index is 1080. The van der Waals surface area contributed by atoms with Crippen molar-refractivity contribution in [1.82, 2.24) is 19.7 Å². The molecule has 0 bridgehead atoms. The summed E-state index contributed by atoms with van der Waals surface area (Å²) in [5.41, 5.74) is 2.59. The number of nitrogens with one attached hydrogen (secondary N) is 2. The fourth-order valence-corrected chi connectivity index (χ4v) is 3.34. The van der Waals surface area contributed by atoms with Crippen LogP contribution in [0.5, 0.6) is 5.75 Å². The van der Waals surface area contributed by atoms with Crippen LogP contribution >= 0.6 is 0 Å². The van der Waals surface area contributed by atoms with Crippen LogP contribution in [0.3, 0.4) is 0 Å². The Morgan fingerprint density at radius 2 is 2.07 bits per heavy atom. The predicted molar refractivity (Wildman–Crippen MR) is 104 cm³/mol. The van der Waals surface area contributed by atoms with Crippen LogP contribution in [-0.2, 0) is 12.8 Å². The predicted octanol–water partition coefficient (Wildman–Crippen LogP) is 2.40. The lowest BCUT2D eigenvalue weighted by Crippen LogP contribution is -2.21. The van der Waals surface area contributed by atoms with Gasteiger partial charge in [0.2, 0.25) is 5.95 Å². The number of nitrogens with zero attached hydrogens (tertiary/aromatic N) is 3. The van der Waals surface area contributed by atoms with Gasteiger partial charge in [0.05, 0.1) is 18.0 Å². The molecule has 0 aliphatic heterocycles. The third-order valence-electron chi connectivity index (χ3n) is 4.63. The summed E-state index contributed by atoms with van der Waals surface area (Å²) in [5, 5.41) is 7.23. The smallest absolute Gasteiger partial charge is 0.256 e. The Labute approximate surface area is 161 Å². The molecule has 8 heteroatoms. The van der Waals surface area contributed by atoms with Crippen molar-refractivity contribution < 1.29 is 9.53 Å². The van der Waals surface area contributed by atoms with Gasteiger partial charge in [-0.2, -0.15) is 9.78 Å². The van der Waals surface area contributed by atoms with Crippen molar-refractivity contribution >= 4 is 11.7 Å². The molecule has 0 unspecified atom stereocenters. The molecule has 0 saturated heterocycles. The number of hydrogen-bond acceptors (Lipinski definition) is 5. The summed E-state index contributed by atoms with van der Waals surface area (Å²) in [6.45, 7) is 4.28. The Balaban J connectivity index is 1.62. The molecule has 144 valence electrons. The van der Waals surface area contributed by atoms with Crippen molar-refractivity contribution in [3.8, 4) is 11.7 Å². The lowest BCUT2D eigenvalue weighted by Gasteiger charge is -2.10. The number of rotatable bonds is 5. The van der Waals surface area contributed by atoms with Crippen LogP contribution in [-0.4, -0.2) is 32.3 Å². The van der Waals surface area contributed by atoms with Crippen molar-refractivity contribution in [2.45, 2.75) is 33.1 Å². The molecule has 28 heavy (non-hydrogen) atoms. The summed E-state index contributed by atoms with van der Waals surface area (Å²) in [7, 11) is 0. The molecule has 4 rings (SSSR count). The molecule has 0 atom stereocenters. The quantitative estimate of drug-likeness (QED) is 0.709. The summed E-state index contributed by atoms with van der Waals surface area (Å²) in [6, 6.07) is 8.63. The Hall–Kier alpha value is -3.42. The zero-order chi connectivity index (χ0) is 19.7. The Morgan fingerprint density at radius 3 is 2.82 bits per heavy atom. The summed E-state index contributed by atoms with van der Waals surface area (Å²) >= 11 is 0. The van der Waals surface area contributed by atoms with Crippen LogP contribution in [0, 0.1) is 6.92 Å². The van der Waals surface area contributed by atoms with Gasteiger partial charge in [-0.25, -0.2) is 4.98 Å². The molecule has 0 spiro atoms. The minimum absolute atomic E-state index is 0.144. The van der Waals surface area contributed by atoms with Crippen molar-refractivity contribution in [1.29, 1.82) is 0 Å². The van der Waals surface area contributed by atoms with Crippen molar-refractivity contribution in [3.05, 3.63) is 63.2 Å². The first-order valence-electron chi connectivity index (χ1n) is 9.28. The SMILES string of the molecule is CCOc1ccc(C(=O)Nc2cc(C)nn2-c2nc3c(c(=O)[nH]2)CCC3)cc1. The molecular weight excluding hydrogens is 358 g/mol. The van der Waals surface area contributed by atoms with Gasteiger partial charge in [0.1, 0.15) is 11.6 Å².